The topological polar surface area (TPSA) is 55.8 Å². The fourth-order valence-corrected chi connectivity index (χ4v) is 4.80. The maximum absolute atomic E-state index is 4.80. The summed E-state index contributed by atoms with van der Waals surface area (Å²) >= 11 is 1.81. The molecule has 1 fully saturated rings. The van der Waals surface area contributed by atoms with Gasteiger partial charge in [0.2, 0.25) is 0 Å². The highest BCUT2D eigenvalue weighted by atomic mass is 32.1. The average molecular weight is 443 g/mol. The van der Waals surface area contributed by atoms with Crippen molar-refractivity contribution in [2.24, 2.45) is 4.99 Å². The lowest BCUT2D eigenvalue weighted by Crippen LogP contribution is -2.47. The molecule has 3 rings (SSSR count). The highest BCUT2D eigenvalue weighted by Gasteiger charge is 2.25. The van der Waals surface area contributed by atoms with Gasteiger partial charge in [-0.3, -0.25) is 9.89 Å². The molecule has 0 radical (unpaired) electrons. The first kappa shape index (κ1) is 23.7. The number of aliphatic imine (C=N–C) groups is 1. The van der Waals surface area contributed by atoms with Crippen LogP contribution in [0, 0.1) is 0 Å². The van der Waals surface area contributed by atoms with Crippen molar-refractivity contribution in [3.63, 3.8) is 0 Å². The summed E-state index contributed by atoms with van der Waals surface area (Å²) in [5, 5.41) is 8.02. The maximum atomic E-state index is 4.80. The minimum atomic E-state index is 0.474. The van der Waals surface area contributed by atoms with Gasteiger partial charge in [-0.2, -0.15) is 0 Å². The monoisotopic (exact) mass is 442 g/mol. The Hall–Kier alpha value is -1.96. The molecule has 1 unspecified atom stereocenters. The number of nitrogens with one attached hydrogen (secondary N) is 2. The molecule has 1 saturated heterocycles. The highest BCUT2D eigenvalue weighted by Crippen LogP contribution is 2.24. The van der Waals surface area contributed by atoms with Crippen LogP contribution in [0.25, 0.3) is 0 Å². The molecule has 2 N–H and O–H groups in total. The van der Waals surface area contributed by atoms with Crippen LogP contribution in [0.2, 0.25) is 0 Å². The molecule has 1 aliphatic rings. The van der Waals surface area contributed by atoms with E-state index in [0.717, 1.165) is 71.0 Å². The van der Waals surface area contributed by atoms with Crippen LogP contribution >= 0.6 is 11.3 Å². The largest absolute Gasteiger partial charge is 0.357 e. The van der Waals surface area contributed by atoms with Crippen molar-refractivity contribution in [2.75, 3.05) is 52.9 Å². The van der Waals surface area contributed by atoms with E-state index in [1.807, 2.05) is 17.5 Å². The van der Waals surface area contributed by atoms with Crippen LogP contribution in [0.5, 0.6) is 0 Å². The van der Waals surface area contributed by atoms with Crippen molar-refractivity contribution >= 4 is 17.3 Å². The number of benzene rings is 1. The van der Waals surface area contributed by atoms with Gasteiger partial charge in [0.05, 0.1) is 5.01 Å². The number of thiazole rings is 1. The van der Waals surface area contributed by atoms with Crippen LogP contribution < -0.4 is 10.6 Å². The maximum Gasteiger partial charge on any atom is 0.191 e. The lowest BCUT2D eigenvalue weighted by atomic mass is 10.0. The molecule has 2 aromatic rings. The average Bonchev–Trinajstić information content (AvgIpc) is 3.26. The van der Waals surface area contributed by atoms with Gasteiger partial charge >= 0.3 is 0 Å². The van der Waals surface area contributed by atoms with Gasteiger partial charge in [-0.15, -0.1) is 11.3 Å². The molecule has 0 saturated carbocycles. The second kappa shape index (κ2) is 12.8. The zero-order valence-corrected chi connectivity index (χ0v) is 20.1. The van der Waals surface area contributed by atoms with Gasteiger partial charge in [-0.05, 0) is 32.4 Å². The van der Waals surface area contributed by atoms with Gasteiger partial charge in [0.25, 0.3) is 0 Å². The number of rotatable bonds is 10. The third-order valence-electron chi connectivity index (χ3n) is 5.68. The molecule has 0 aliphatic carbocycles. The van der Waals surface area contributed by atoms with Gasteiger partial charge in [0.1, 0.15) is 0 Å². The Bertz CT molecular complexity index is 790. The fourth-order valence-electron chi connectivity index (χ4n) is 3.94. The van der Waals surface area contributed by atoms with Crippen LogP contribution in [0.4, 0.5) is 0 Å². The van der Waals surface area contributed by atoms with E-state index in [4.69, 9.17) is 4.99 Å². The Morgan fingerprint density at radius 1 is 1.19 bits per heavy atom. The van der Waals surface area contributed by atoms with Crippen molar-refractivity contribution in [1.29, 1.82) is 0 Å². The number of aryl methyl sites for hydroxylation is 1. The Labute approximate surface area is 191 Å². The van der Waals surface area contributed by atoms with E-state index in [9.17, 15) is 0 Å². The number of guanidine groups is 1. The Balaban J connectivity index is 1.46. The summed E-state index contributed by atoms with van der Waals surface area (Å²) in [5.74, 6) is 0.910. The van der Waals surface area contributed by atoms with Crippen LogP contribution in [-0.4, -0.2) is 73.6 Å². The van der Waals surface area contributed by atoms with Crippen LogP contribution in [0.15, 0.2) is 41.5 Å². The normalized spacial score (nSPS) is 18.3. The van der Waals surface area contributed by atoms with Crippen molar-refractivity contribution in [3.05, 3.63) is 52.0 Å². The smallest absolute Gasteiger partial charge is 0.191 e. The molecule has 7 heteroatoms. The molecule has 1 aliphatic heterocycles. The minimum absolute atomic E-state index is 0.474. The van der Waals surface area contributed by atoms with Crippen molar-refractivity contribution in [3.8, 4) is 0 Å². The molecular weight excluding hydrogens is 404 g/mol. The number of piperazine rings is 1. The van der Waals surface area contributed by atoms with Gasteiger partial charge < -0.3 is 15.5 Å². The summed E-state index contributed by atoms with van der Waals surface area (Å²) in [6.07, 6.45) is 5.07. The first-order chi connectivity index (χ1) is 15.2. The number of nitrogens with zero attached hydrogens (tertiary/aromatic N) is 4. The van der Waals surface area contributed by atoms with Crippen molar-refractivity contribution in [1.82, 2.24) is 25.4 Å². The summed E-state index contributed by atoms with van der Waals surface area (Å²) in [6, 6.07) is 11.4. The van der Waals surface area contributed by atoms with Crippen LogP contribution in [-0.2, 0) is 12.8 Å². The lowest BCUT2D eigenvalue weighted by molar-refractivity contribution is 0.0894. The molecule has 0 amide bonds. The highest BCUT2D eigenvalue weighted by molar-refractivity contribution is 7.11. The van der Waals surface area contributed by atoms with E-state index in [2.05, 4.69) is 76.6 Å². The molecule has 1 atom stereocenters. The molecule has 1 aromatic carbocycles. The Morgan fingerprint density at radius 2 is 2.03 bits per heavy atom. The molecule has 6 nitrogen and oxygen atoms in total. The third kappa shape index (κ3) is 7.59. The van der Waals surface area contributed by atoms with Gasteiger partial charge in [-0.25, -0.2) is 4.98 Å². The number of likely N-dealkylation sites (N-methyl/N-ethyl adjacent to an activating group) is 1. The number of hydrogen-bond acceptors (Lipinski definition) is 5. The summed E-state index contributed by atoms with van der Waals surface area (Å²) in [5.41, 5.74) is 1.42. The molecular formula is C24H38N6S. The number of aromatic nitrogens is 1. The number of hydrogen-bond donors (Lipinski definition) is 2. The van der Waals surface area contributed by atoms with Gasteiger partial charge in [-0.1, -0.05) is 37.3 Å². The second-order valence-corrected chi connectivity index (χ2v) is 9.29. The molecule has 0 spiro atoms. The lowest BCUT2D eigenvalue weighted by Gasteiger charge is -2.40. The van der Waals surface area contributed by atoms with Crippen LogP contribution in [0.1, 0.15) is 41.8 Å². The van der Waals surface area contributed by atoms with E-state index in [-0.39, 0.29) is 0 Å². The van der Waals surface area contributed by atoms with Gasteiger partial charge in [0.15, 0.2) is 5.96 Å². The van der Waals surface area contributed by atoms with E-state index in [1.165, 1.54) is 15.4 Å². The predicted molar refractivity (Wildman–Crippen MR) is 132 cm³/mol. The molecule has 1 aromatic heterocycles. The molecule has 31 heavy (non-hydrogen) atoms. The second-order valence-electron chi connectivity index (χ2n) is 8.09. The summed E-state index contributed by atoms with van der Waals surface area (Å²) < 4.78 is 0. The van der Waals surface area contributed by atoms with E-state index < -0.39 is 0 Å². The first-order valence-electron chi connectivity index (χ1n) is 11.6. The minimum Gasteiger partial charge on any atom is -0.357 e. The molecule has 170 valence electrons. The molecule has 2 heterocycles. The van der Waals surface area contributed by atoms with Crippen molar-refractivity contribution < 1.29 is 0 Å². The fraction of sp³-hybridized carbons (Fsp3) is 0.583. The zero-order valence-electron chi connectivity index (χ0n) is 19.3. The Kier molecular flexibility index (Phi) is 9.78. The third-order valence-corrected chi connectivity index (χ3v) is 6.88. The standard InChI is InChI=1S/C24H38N6S/c1-4-21-18-28-23(31-21)12-14-27-24(25-5-2)26-13-9-15-30-17-16-29(3)19-22(30)20-10-7-6-8-11-20/h6-8,10-11,18,22H,4-5,9,12-17,19H2,1-3H3,(H2,25,26,27). The van der Waals surface area contributed by atoms with Gasteiger partial charge in [0, 0.05) is 69.3 Å². The summed E-state index contributed by atoms with van der Waals surface area (Å²) in [6.45, 7) is 11.3. The quantitative estimate of drug-likeness (QED) is 0.336. The summed E-state index contributed by atoms with van der Waals surface area (Å²) in [4.78, 5) is 15.7. The van der Waals surface area contributed by atoms with Crippen LogP contribution in [0.3, 0.4) is 0 Å². The Morgan fingerprint density at radius 3 is 2.77 bits per heavy atom. The van der Waals surface area contributed by atoms with E-state index in [1.54, 1.807) is 0 Å². The van der Waals surface area contributed by atoms with E-state index >= 15 is 0 Å². The predicted octanol–water partition coefficient (Wildman–Crippen LogP) is 3.18. The summed E-state index contributed by atoms with van der Waals surface area (Å²) in [7, 11) is 2.22. The zero-order chi connectivity index (χ0) is 21.9. The van der Waals surface area contributed by atoms with Crippen molar-refractivity contribution in [2.45, 2.75) is 39.2 Å². The SMILES string of the molecule is CCNC(=NCCCN1CCN(C)CC1c1ccccc1)NCCc1ncc(CC)s1. The molecule has 0 bridgehead atoms. The van der Waals surface area contributed by atoms with E-state index in [0.29, 0.717) is 6.04 Å². The first-order valence-corrected chi connectivity index (χ1v) is 12.4.